The maximum absolute atomic E-state index is 4.14. The number of allylic oxidation sites excluding steroid dienone is 1. The van der Waals surface area contributed by atoms with E-state index in [2.05, 4.69) is 93.1 Å². The lowest BCUT2D eigenvalue weighted by molar-refractivity contribution is 0.585. The summed E-state index contributed by atoms with van der Waals surface area (Å²) in [6.45, 7) is 4.40. The maximum atomic E-state index is 4.14. The third-order valence-electron chi connectivity index (χ3n) is 4.41. The average Bonchev–Trinajstić information content (AvgIpc) is 3.09. The number of nitrogens with zero attached hydrogens (tertiary/aromatic N) is 4. The minimum absolute atomic E-state index is 0.0523. The van der Waals surface area contributed by atoms with Crippen molar-refractivity contribution in [3.05, 3.63) is 75.8 Å². The first-order valence-corrected chi connectivity index (χ1v) is 9.03. The summed E-state index contributed by atoms with van der Waals surface area (Å²) < 4.78 is 2.84. The van der Waals surface area contributed by atoms with Crippen molar-refractivity contribution in [1.82, 2.24) is 20.2 Å². The number of nitrogens with one attached hydrogen (secondary N) is 1. The Kier molecular flexibility index (Phi) is 4.13. The van der Waals surface area contributed by atoms with Gasteiger partial charge in [-0.1, -0.05) is 71.3 Å². The maximum Gasteiger partial charge on any atom is 0.248 e. The van der Waals surface area contributed by atoms with Gasteiger partial charge in [-0.25, -0.2) is 0 Å². The van der Waals surface area contributed by atoms with Crippen molar-refractivity contribution in [2.45, 2.75) is 25.8 Å². The number of benzene rings is 2. The van der Waals surface area contributed by atoms with Gasteiger partial charge < -0.3 is 5.32 Å². The minimum Gasteiger partial charge on any atom is -0.323 e. The van der Waals surface area contributed by atoms with Crippen molar-refractivity contribution in [1.29, 1.82) is 0 Å². The zero-order chi connectivity index (χ0) is 17.4. The largest absolute Gasteiger partial charge is 0.323 e. The van der Waals surface area contributed by atoms with Gasteiger partial charge in [-0.05, 0) is 51.2 Å². The molecule has 126 valence electrons. The van der Waals surface area contributed by atoms with Gasteiger partial charge in [0.05, 0.1) is 0 Å². The molecule has 4 rings (SSSR count). The number of anilines is 1. The Morgan fingerprint density at radius 1 is 1.12 bits per heavy atom. The Morgan fingerprint density at radius 2 is 1.92 bits per heavy atom. The normalized spacial score (nSPS) is 16.3. The minimum atomic E-state index is -0.0523. The highest BCUT2D eigenvalue weighted by Crippen LogP contribution is 2.32. The Labute approximate surface area is 154 Å². The molecule has 1 atom stereocenters. The van der Waals surface area contributed by atoms with Crippen molar-refractivity contribution in [2.24, 2.45) is 0 Å². The van der Waals surface area contributed by atoms with Crippen LogP contribution in [-0.4, -0.2) is 20.2 Å². The molecule has 0 saturated heterocycles. The van der Waals surface area contributed by atoms with E-state index in [9.17, 15) is 0 Å². The Bertz CT molecular complexity index is 927. The zero-order valence-corrected chi connectivity index (χ0v) is 15.6. The number of rotatable bonds is 3. The number of halogens is 1. The summed E-state index contributed by atoms with van der Waals surface area (Å²) in [4.78, 5) is 0. The third kappa shape index (κ3) is 3.09. The number of tetrazole rings is 1. The summed E-state index contributed by atoms with van der Waals surface area (Å²) in [5.74, 6) is 1.17. The van der Waals surface area contributed by atoms with Crippen LogP contribution in [0.2, 0.25) is 0 Å². The first-order chi connectivity index (χ1) is 12.1. The van der Waals surface area contributed by atoms with Crippen molar-refractivity contribution in [3.8, 4) is 0 Å². The lowest BCUT2D eigenvalue weighted by Gasteiger charge is -2.23. The zero-order valence-electron chi connectivity index (χ0n) is 14.0. The second-order valence-electron chi connectivity index (χ2n) is 6.43. The molecule has 1 unspecified atom stereocenters. The molecule has 0 saturated carbocycles. The highest BCUT2D eigenvalue weighted by molar-refractivity contribution is 9.10. The topological polar surface area (TPSA) is 55.6 Å². The summed E-state index contributed by atoms with van der Waals surface area (Å²) in [7, 11) is 0. The van der Waals surface area contributed by atoms with Gasteiger partial charge in [-0.15, -0.1) is 0 Å². The molecule has 0 aliphatic carbocycles. The Morgan fingerprint density at radius 3 is 2.64 bits per heavy atom. The van der Waals surface area contributed by atoms with Crippen molar-refractivity contribution < 1.29 is 0 Å². The lowest BCUT2D eigenvalue weighted by Crippen LogP contribution is -2.20. The molecule has 0 amide bonds. The predicted octanol–water partition coefficient (Wildman–Crippen LogP) is 4.62. The monoisotopic (exact) mass is 395 g/mol. The van der Waals surface area contributed by atoms with Crippen LogP contribution in [0.4, 0.5) is 5.95 Å². The first kappa shape index (κ1) is 16.0. The van der Waals surface area contributed by atoms with E-state index in [1.807, 2.05) is 12.1 Å². The molecular weight excluding hydrogens is 378 g/mol. The van der Waals surface area contributed by atoms with Crippen LogP contribution in [0.5, 0.6) is 0 Å². The molecule has 1 N–H and O–H groups in total. The van der Waals surface area contributed by atoms with Gasteiger partial charge in [0.25, 0.3) is 0 Å². The van der Waals surface area contributed by atoms with Gasteiger partial charge in [-0.2, -0.15) is 4.68 Å². The number of fused-ring (bicyclic) bond motifs is 1. The van der Waals surface area contributed by atoms with Crippen LogP contribution >= 0.6 is 15.9 Å². The van der Waals surface area contributed by atoms with Crippen LogP contribution < -0.4 is 5.32 Å². The second-order valence-corrected chi connectivity index (χ2v) is 7.34. The fourth-order valence-corrected chi connectivity index (χ4v) is 3.41. The van der Waals surface area contributed by atoms with E-state index in [1.54, 1.807) is 4.68 Å². The van der Waals surface area contributed by atoms with Gasteiger partial charge >= 0.3 is 0 Å². The Balaban J connectivity index is 1.76. The summed E-state index contributed by atoms with van der Waals surface area (Å²) in [6, 6.07) is 16.8. The quantitative estimate of drug-likeness (QED) is 0.702. The van der Waals surface area contributed by atoms with Gasteiger partial charge in [0.15, 0.2) is 0 Å². The molecule has 5 nitrogen and oxygen atoms in total. The van der Waals surface area contributed by atoms with Crippen LogP contribution in [0.3, 0.4) is 0 Å². The number of hydrogen-bond acceptors (Lipinski definition) is 4. The smallest absolute Gasteiger partial charge is 0.248 e. The van der Waals surface area contributed by atoms with Gasteiger partial charge in [0.1, 0.15) is 6.04 Å². The highest BCUT2D eigenvalue weighted by Gasteiger charge is 2.24. The SMILES string of the molecule is CC(C)c1ccc(C2=CC(c3cccc(Br)c3)n3nnnc3N2)cc1. The van der Waals surface area contributed by atoms with Gasteiger partial charge in [0, 0.05) is 10.2 Å². The molecule has 25 heavy (non-hydrogen) atoms. The molecule has 1 aliphatic heterocycles. The number of aromatic nitrogens is 4. The van der Waals surface area contributed by atoms with Crippen LogP contribution in [0.15, 0.2) is 59.1 Å². The third-order valence-corrected chi connectivity index (χ3v) is 4.90. The van der Waals surface area contributed by atoms with E-state index >= 15 is 0 Å². The molecule has 0 radical (unpaired) electrons. The predicted molar refractivity (Wildman–Crippen MR) is 102 cm³/mol. The molecule has 1 aliphatic rings. The molecule has 1 aromatic heterocycles. The molecule has 0 bridgehead atoms. The Hall–Kier alpha value is -2.47. The summed E-state index contributed by atoms with van der Waals surface area (Å²) in [5, 5.41) is 15.4. The lowest BCUT2D eigenvalue weighted by atomic mass is 9.98. The van der Waals surface area contributed by atoms with Crippen molar-refractivity contribution in [3.63, 3.8) is 0 Å². The van der Waals surface area contributed by atoms with E-state index in [0.29, 0.717) is 11.9 Å². The molecular formula is C19H18BrN5. The molecule has 2 heterocycles. The molecule has 0 fully saturated rings. The van der Waals surface area contributed by atoms with Crippen LogP contribution in [0.1, 0.15) is 42.5 Å². The van der Waals surface area contributed by atoms with E-state index in [4.69, 9.17) is 0 Å². The first-order valence-electron chi connectivity index (χ1n) is 8.24. The van der Waals surface area contributed by atoms with Crippen LogP contribution in [0.25, 0.3) is 5.70 Å². The molecule has 6 heteroatoms. The molecule has 0 spiro atoms. The molecule has 3 aromatic rings. The van der Waals surface area contributed by atoms with Gasteiger partial charge in [-0.3, -0.25) is 0 Å². The van der Waals surface area contributed by atoms with Crippen molar-refractivity contribution >= 4 is 27.6 Å². The van der Waals surface area contributed by atoms with Gasteiger partial charge in [0.2, 0.25) is 5.95 Å². The van der Waals surface area contributed by atoms with E-state index in [0.717, 1.165) is 21.3 Å². The van der Waals surface area contributed by atoms with E-state index in [-0.39, 0.29) is 6.04 Å². The summed E-state index contributed by atoms with van der Waals surface area (Å²) >= 11 is 3.54. The summed E-state index contributed by atoms with van der Waals surface area (Å²) in [6.07, 6.45) is 2.16. The second kappa shape index (κ2) is 6.44. The van der Waals surface area contributed by atoms with Crippen LogP contribution in [-0.2, 0) is 0 Å². The van der Waals surface area contributed by atoms with E-state index in [1.165, 1.54) is 5.56 Å². The highest BCUT2D eigenvalue weighted by atomic mass is 79.9. The van der Waals surface area contributed by atoms with Crippen molar-refractivity contribution in [2.75, 3.05) is 5.32 Å². The fraction of sp³-hybridized carbons (Fsp3) is 0.211. The molecule has 2 aromatic carbocycles. The van der Waals surface area contributed by atoms with E-state index < -0.39 is 0 Å². The fourth-order valence-electron chi connectivity index (χ4n) is 3.00. The number of hydrogen-bond donors (Lipinski definition) is 1. The standard InChI is InChI=1S/C19H18BrN5/c1-12(2)13-6-8-14(9-7-13)17-11-18(15-4-3-5-16(20)10-15)25-19(21-17)22-23-24-25/h3-12,18H,1-2H3,(H,21,22,24). The van der Waals surface area contributed by atoms with Crippen LogP contribution in [0, 0.1) is 0 Å². The summed E-state index contributed by atoms with van der Waals surface area (Å²) in [5.41, 5.74) is 4.59. The average molecular weight is 396 g/mol.